The molecule has 0 bridgehead atoms. The summed E-state index contributed by atoms with van der Waals surface area (Å²) in [6.07, 6.45) is 6.28. The lowest BCUT2D eigenvalue weighted by Crippen LogP contribution is -1.66. The van der Waals surface area contributed by atoms with E-state index in [1.54, 1.807) is 6.08 Å². The quantitative estimate of drug-likeness (QED) is 0.433. The minimum Gasteiger partial charge on any atom is -0.206 e. The molecular formula is C8H7F. The van der Waals surface area contributed by atoms with Gasteiger partial charge in [-0.2, -0.15) is 0 Å². The number of allylic oxidation sites excluding steroid dienone is 5. The largest absolute Gasteiger partial charge is 0.206 e. The van der Waals surface area contributed by atoms with Gasteiger partial charge in [0.15, 0.2) is 0 Å². The maximum Gasteiger partial charge on any atom is 0.131 e. The van der Waals surface area contributed by atoms with Gasteiger partial charge in [0.05, 0.1) is 0 Å². The highest BCUT2D eigenvalue weighted by molar-refractivity contribution is 5.30. The molecule has 0 nitrogen and oxygen atoms in total. The first-order valence-electron chi connectivity index (χ1n) is 2.75. The Kier molecular flexibility index (Phi) is 1.66. The third-order valence-electron chi connectivity index (χ3n) is 1.03. The van der Waals surface area contributed by atoms with Gasteiger partial charge < -0.3 is 0 Å². The van der Waals surface area contributed by atoms with Crippen LogP contribution in [0.1, 0.15) is 6.92 Å². The van der Waals surface area contributed by atoms with E-state index in [1.165, 1.54) is 12.2 Å². The molecule has 0 spiro atoms. The van der Waals surface area contributed by atoms with Crippen molar-refractivity contribution in [1.29, 1.82) is 0 Å². The first-order chi connectivity index (χ1) is 4.29. The molecule has 1 aliphatic carbocycles. The van der Waals surface area contributed by atoms with Gasteiger partial charge in [-0.25, -0.2) is 4.39 Å². The molecule has 0 heterocycles. The van der Waals surface area contributed by atoms with Crippen molar-refractivity contribution >= 4 is 0 Å². The molecule has 0 N–H and O–H groups in total. The van der Waals surface area contributed by atoms with Crippen molar-refractivity contribution in [3.05, 3.63) is 41.4 Å². The van der Waals surface area contributed by atoms with Crippen LogP contribution in [0.2, 0.25) is 0 Å². The molecule has 0 atom stereocenters. The average molecular weight is 122 g/mol. The topological polar surface area (TPSA) is 0 Å². The van der Waals surface area contributed by atoms with Crippen LogP contribution in [0.3, 0.4) is 0 Å². The fourth-order valence-electron chi connectivity index (χ4n) is 0.615. The van der Waals surface area contributed by atoms with Gasteiger partial charge in [0, 0.05) is 6.08 Å². The van der Waals surface area contributed by atoms with Crippen LogP contribution < -0.4 is 0 Å². The van der Waals surface area contributed by atoms with Crippen LogP contribution in [0.4, 0.5) is 4.39 Å². The van der Waals surface area contributed by atoms with Gasteiger partial charge in [-0.3, -0.25) is 0 Å². The minimum absolute atomic E-state index is 0.238. The molecule has 0 fully saturated rings. The first-order valence-corrected chi connectivity index (χ1v) is 2.75. The molecule has 0 saturated carbocycles. The third kappa shape index (κ3) is 1.71. The maximum atomic E-state index is 12.4. The van der Waals surface area contributed by atoms with Crippen LogP contribution in [-0.4, -0.2) is 0 Å². The molecule has 0 saturated heterocycles. The van der Waals surface area contributed by atoms with Crippen LogP contribution in [-0.2, 0) is 0 Å². The van der Waals surface area contributed by atoms with E-state index < -0.39 is 0 Å². The zero-order valence-electron chi connectivity index (χ0n) is 5.19. The molecule has 46 valence electrons. The second kappa shape index (κ2) is 2.47. The molecule has 0 aromatic carbocycles. The van der Waals surface area contributed by atoms with E-state index in [1.807, 2.05) is 13.0 Å². The van der Waals surface area contributed by atoms with Crippen molar-refractivity contribution < 1.29 is 4.39 Å². The summed E-state index contributed by atoms with van der Waals surface area (Å²) in [4.78, 5) is 0. The summed E-state index contributed by atoms with van der Waals surface area (Å²) in [5.41, 5.74) is 3.57. The lowest BCUT2D eigenvalue weighted by Gasteiger charge is -1.84. The molecule has 1 heteroatoms. The normalized spacial score (nSPS) is 16.7. The van der Waals surface area contributed by atoms with Crippen LogP contribution in [0, 0.1) is 0 Å². The summed E-state index contributed by atoms with van der Waals surface area (Å²) in [7, 11) is 0. The van der Waals surface area contributed by atoms with Gasteiger partial charge >= 0.3 is 0 Å². The maximum absolute atomic E-state index is 12.4. The molecule has 0 unspecified atom stereocenters. The number of rotatable bonds is 0. The SMILES string of the molecule is CC1=CC=C=CC(F)=C1. The van der Waals surface area contributed by atoms with Gasteiger partial charge in [0.1, 0.15) is 5.83 Å². The lowest BCUT2D eigenvalue weighted by atomic mass is 10.3. The molecule has 0 radical (unpaired) electrons. The van der Waals surface area contributed by atoms with Gasteiger partial charge in [-0.1, -0.05) is 6.08 Å². The van der Waals surface area contributed by atoms with Gasteiger partial charge in [0.25, 0.3) is 0 Å². The molecule has 0 amide bonds. The van der Waals surface area contributed by atoms with Crippen molar-refractivity contribution in [2.45, 2.75) is 6.92 Å². The Morgan fingerprint density at radius 3 is 3.11 bits per heavy atom. The smallest absolute Gasteiger partial charge is 0.131 e. The number of halogens is 1. The molecule has 9 heavy (non-hydrogen) atoms. The van der Waals surface area contributed by atoms with Crippen molar-refractivity contribution in [1.82, 2.24) is 0 Å². The minimum atomic E-state index is -0.238. The molecule has 1 rings (SSSR count). The molecular weight excluding hydrogens is 115 g/mol. The molecule has 0 aliphatic heterocycles. The monoisotopic (exact) mass is 122 g/mol. The highest BCUT2D eigenvalue weighted by atomic mass is 19.1. The van der Waals surface area contributed by atoms with Crippen molar-refractivity contribution in [2.24, 2.45) is 0 Å². The Hall–Kier alpha value is -1.07. The summed E-state index contributed by atoms with van der Waals surface area (Å²) >= 11 is 0. The van der Waals surface area contributed by atoms with Gasteiger partial charge in [0.2, 0.25) is 0 Å². The molecule has 0 aromatic heterocycles. The van der Waals surface area contributed by atoms with E-state index in [9.17, 15) is 4.39 Å². The van der Waals surface area contributed by atoms with Crippen molar-refractivity contribution in [2.75, 3.05) is 0 Å². The van der Waals surface area contributed by atoms with E-state index in [-0.39, 0.29) is 5.83 Å². The van der Waals surface area contributed by atoms with Crippen LogP contribution in [0.25, 0.3) is 0 Å². The first kappa shape index (κ1) is 6.06. The second-order valence-electron chi connectivity index (χ2n) is 1.92. The second-order valence-corrected chi connectivity index (χ2v) is 1.92. The third-order valence-corrected chi connectivity index (χ3v) is 1.03. The van der Waals surface area contributed by atoms with Crippen LogP contribution in [0.5, 0.6) is 0 Å². The number of hydrogen-bond acceptors (Lipinski definition) is 0. The zero-order chi connectivity index (χ0) is 6.69. The summed E-state index contributed by atoms with van der Waals surface area (Å²) in [6, 6.07) is 0. The Morgan fingerprint density at radius 1 is 1.56 bits per heavy atom. The zero-order valence-corrected chi connectivity index (χ0v) is 5.19. The van der Waals surface area contributed by atoms with E-state index >= 15 is 0 Å². The number of hydrogen-bond donors (Lipinski definition) is 0. The standard InChI is InChI=1S/C8H7F/c1-7-4-2-3-5-8(9)6-7/h2,4-6H,1H3. The predicted octanol–water partition coefficient (Wildman–Crippen LogP) is 2.51. The van der Waals surface area contributed by atoms with E-state index in [2.05, 4.69) is 5.73 Å². The van der Waals surface area contributed by atoms with Gasteiger partial charge in [-0.05, 0) is 24.6 Å². The Morgan fingerprint density at radius 2 is 2.33 bits per heavy atom. The van der Waals surface area contributed by atoms with E-state index in [4.69, 9.17) is 0 Å². The highest BCUT2D eigenvalue weighted by Crippen LogP contribution is 2.06. The van der Waals surface area contributed by atoms with Gasteiger partial charge in [-0.15, -0.1) is 5.73 Å². The molecule has 0 aromatic rings. The van der Waals surface area contributed by atoms with Crippen LogP contribution >= 0.6 is 0 Å². The average Bonchev–Trinajstić information content (AvgIpc) is 1.93. The van der Waals surface area contributed by atoms with E-state index in [0.29, 0.717) is 0 Å². The Bertz CT molecular complexity index is 225. The highest BCUT2D eigenvalue weighted by Gasteiger charge is 1.88. The Labute approximate surface area is 53.7 Å². The fraction of sp³-hybridized carbons (Fsp3) is 0.125. The summed E-state index contributed by atoms with van der Waals surface area (Å²) in [5, 5.41) is 0. The summed E-state index contributed by atoms with van der Waals surface area (Å²) in [5.74, 6) is -0.238. The molecule has 1 aliphatic rings. The Balaban J connectivity index is 3.00. The van der Waals surface area contributed by atoms with Crippen molar-refractivity contribution in [3.63, 3.8) is 0 Å². The lowest BCUT2D eigenvalue weighted by molar-refractivity contribution is 0.666. The van der Waals surface area contributed by atoms with E-state index in [0.717, 1.165) is 5.57 Å². The summed E-state index contributed by atoms with van der Waals surface area (Å²) < 4.78 is 12.4. The van der Waals surface area contributed by atoms with Crippen LogP contribution in [0.15, 0.2) is 41.4 Å². The summed E-state index contributed by atoms with van der Waals surface area (Å²) in [6.45, 7) is 1.84. The van der Waals surface area contributed by atoms with Crippen molar-refractivity contribution in [3.8, 4) is 0 Å². The fourth-order valence-corrected chi connectivity index (χ4v) is 0.615. The predicted molar refractivity (Wildman–Crippen MR) is 35.6 cm³/mol.